The molecule has 0 aliphatic carbocycles. The summed E-state index contributed by atoms with van der Waals surface area (Å²) >= 11 is 0.623. The van der Waals surface area contributed by atoms with E-state index in [4.69, 9.17) is 0 Å². The van der Waals surface area contributed by atoms with Gasteiger partial charge in [0.1, 0.15) is 0 Å². The lowest BCUT2D eigenvalue weighted by Gasteiger charge is -2.38. The van der Waals surface area contributed by atoms with Crippen LogP contribution in [-0.2, 0) is 9.47 Å². The van der Waals surface area contributed by atoms with Crippen molar-refractivity contribution in [3.63, 3.8) is 0 Å². The number of ether oxygens (including phenoxy) is 2. The Kier molecular flexibility index (Phi) is 6.05. The number of rotatable bonds is 6. The highest BCUT2D eigenvalue weighted by Gasteiger charge is 2.82. The maximum Gasteiger partial charge on any atom is 0.483 e. The van der Waals surface area contributed by atoms with Crippen LogP contribution in [0.5, 0.6) is 0 Å². The molecule has 1 atom stereocenters. The first-order valence-electron chi connectivity index (χ1n) is 4.84. The van der Waals surface area contributed by atoms with Crippen molar-refractivity contribution >= 4 is 15.9 Å². The van der Waals surface area contributed by atoms with E-state index in [1.54, 1.807) is 4.74 Å². The fraction of sp³-hybridized carbons (Fsp3) is 1.00. The predicted octanol–water partition coefficient (Wildman–Crippen LogP) is 5.58. The van der Waals surface area contributed by atoms with Crippen LogP contribution in [0.1, 0.15) is 0 Å². The molecule has 0 spiro atoms. The minimum atomic E-state index is -7.56. The maximum atomic E-state index is 13.3. The van der Waals surface area contributed by atoms with E-state index in [9.17, 15) is 65.9 Å². The Hall–Kier alpha value is -0.650. The van der Waals surface area contributed by atoms with Gasteiger partial charge < -0.3 is 0 Å². The number of halogens is 16. The molecule has 0 amide bonds. The highest BCUT2D eigenvalue weighted by atomic mass is 79.9. The van der Waals surface area contributed by atoms with Crippen LogP contribution < -0.4 is 0 Å². The molecule has 0 heterocycles. The van der Waals surface area contributed by atoms with Gasteiger partial charge in [-0.1, -0.05) is 0 Å². The summed E-state index contributed by atoms with van der Waals surface area (Å²) in [6.45, 7) is 0. The molecule has 0 bridgehead atoms. The zero-order chi connectivity index (χ0) is 20.9. The van der Waals surface area contributed by atoms with Gasteiger partial charge in [0.25, 0.3) is 0 Å². The number of alkyl halides is 16. The van der Waals surface area contributed by atoms with E-state index in [2.05, 4.69) is 0 Å². The third-order valence-corrected chi connectivity index (χ3v) is 2.39. The van der Waals surface area contributed by atoms with E-state index in [0.29, 0.717) is 15.9 Å². The van der Waals surface area contributed by atoms with Crippen LogP contribution in [0.2, 0.25) is 0 Å². The van der Waals surface area contributed by atoms with Gasteiger partial charge >= 0.3 is 41.4 Å². The Balaban J connectivity index is 6.13. The highest BCUT2D eigenvalue weighted by Crippen LogP contribution is 2.55. The molecular formula is C7BrF15O2. The zero-order valence-electron chi connectivity index (χ0n) is 10.4. The summed E-state index contributed by atoms with van der Waals surface area (Å²) in [6.07, 6.45) is -36.3. The molecule has 152 valence electrons. The standard InChI is InChI=1S/C7BrF15O2/c8-2(10,11)6(20,21)24-1(9,3(12,13)14)5(18,19)25-7(22,23)4(15,16)17/t1-/m0/s1. The van der Waals surface area contributed by atoms with Crippen molar-refractivity contribution in [3.8, 4) is 0 Å². The number of hydrogen-bond acceptors (Lipinski definition) is 2. The second kappa shape index (κ2) is 6.21. The Morgan fingerprint density at radius 1 is 0.440 bits per heavy atom. The monoisotopic (exact) mass is 480 g/mol. The van der Waals surface area contributed by atoms with Gasteiger partial charge in [-0.25, -0.2) is 4.74 Å². The van der Waals surface area contributed by atoms with Crippen molar-refractivity contribution in [2.75, 3.05) is 0 Å². The third-order valence-electron chi connectivity index (χ3n) is 1.92. The predicted molar refractivity (Wildman–Crippen MR) is 46.8 cm³/mol. The summed E-state index contributed by atoms with van der Waals surface area (Å²) in [6, 6.07) is 0. The molecule has 0 aliphatic rings. The molecule has 0 aromatic heterocycles. The van der Waals surface area contributed by atoms with Crippen molar-refractivity contribution in [1.82, 2.24) is 0 Å². The first-order valence-corrected chi connectivity index (χ1v) is 5.63. The van der Waals surface area contributed by atoms with Gasteiger partial charge in [-0.2, -0.15) is 65.9 Å². The second-order valence-corrected chi connectivity index (χ2v) is 4.84. The van der Waals surface area contributed by atoms with Gasteiger partial charge in [0.15, 0.2) is 0 Å². The number of hydrogen-bond donors (Lipinski definition) is 0. The summed E-state index contributed by atoms with van der Waals surface area (Å²) in [5, 5.41) is 0. The van der Waals surface area contributed by atoms with E-state index in [-0.39, 0.29) is 0 Å². The summed E-state index contributed by atoms with van der Waals surface area (Å²) < 4.78 is 188. The van der Waals surface area contributed by atoms with E-state index in [1.165, 1.54) is 4.74 Å². The fourth-order valence-corrected chi connectivity index (χ4v) is 0.882. The zero-order valence-corrected chi connectivity index (χ0v) is 11.9. The van der Waals surface area contributed by atoms with Crippen LogP contribution in [0.15, 0.2) is 0 Å². The van der Waals surface area contributed by atoms with Crippen molar-refractivity contribution in [1.29, 1.82) is 0 Å². The molecule has 0 rings (SSSR count). The molecule has 25 heavy (non-hydrogen) atoms. The van der Waals surface area contributed by atoms with Gasteiger partial charge in [0, 0.05) is 15.9 Å². The van der Waals surface area contributed by atoms with Crippen LogP contribution >= 0.6 is 15.9 Å². The first-order chi connectivity index (χ1) is 10.4. The smallest absolute Gasteiger partial charge is 0.262 e. The summed E-state index contributed by atoms with van der Waals surface area (Å²) in [4.78, 5) is -5.98. The topological polar surface area (TPSA) is 18.5 Å². The quantitative estimate of drug-likeness (QED) is 0.365. The third kappa shape index (κ3) is 4.75. The van der Waals surface area contributed by atoms with Gasteiger partial charge in [-0.3, -0.25) is 4.74 Å². The minimum Gasteiger partial charge on any atom is -0.262 e. The SMILES string of the molecule is FC(F)(F)C(F)(F)OC(F)(F)[C@@](F)(OC(F)(F)C(F)(F)Br)C(F)(F)F. The molecule has 0 fully saturated rings. The van der Waals surface area contributed by atoms with Crippen LogP contribution in [0.3, 0.4) is 0 Å². The lowest BCUT2D eigenvalue weighted by atomic mass is 10.2. The highest BCUT2D eigenvalue weighted by molar-refractivity contribution is 9.10. The molecule has 0 saturated heterocycles. The Bertz CT molecular complexity index is 476. The van der Waals surface area contributed by atoms with Crippen LogP contribution in [0, 0.1) is 0 Å². The second-order valence-electron chi connectivity index (χ2n) is 3.84. The Morgan fingerprint density at radius 3 is 1.04 bits per heavy atom. The Labute approximate surface area is 134 Å². The van der Waals surface area contributed by atoms with Gasteiger partial charge in [0.05, 0.1) is 0 Å². The molecule has 2 nitrogen and oxygen atoms in total. The lowest BCUT2D eigenvalue weighted by molar-refractivity contribution is -0.551. The molecule has 0 N–H and O–H groups in total. The molecule has 0 unspecified atom stereocenters. The molecular weight excluding hydrogens is 481 g/mol. The van der Waals surface area contributed by atoms with Crippen molar-refractivity contribution in [2.45, 2.75) is 41.4 Å². The maximum absolute atomic E-state index is 13.3. The van der Waals surface area contributed by atoms with Crippen LogP contribution in [0.25, 0.3) is 0 Å². The normalized spacial score (nSPS) is 18.2. The minimum absolute atomic E-state index is 0.623. The summed E-state index contributed by atoms with van der Waals surface area (Å²) in [7, 11) is 0. The fourth-order valence-electron chi connectivity index (χ4n) is 0.801. The molecule has 18 heteroatoms. The molecule has 0 aromatic rings. The van der Waals surface area contributed by atoms with E-state index in [0.717, 1.165) is 0 Å². The van der Waals surface area contributed by atoms with Gasteiger partial charge in [0.2, 0.25) is 0 Å². The average Bonchev–Trinajstić information content (AvgIpc) is 2.21. The van der Waals surface area contributed by atoms with Gasteiger partial charge in [-0.05, 0) is 0 Å². The molecule has 0 aliphatic heterocycles. The first kappa shape index (κ1) is 24.3. The van der Waals surface area contributed by atoms with E-state index in [1.807, 2.05) is 0 Å². The summed E-state index contributed by atoms with van der Waals surface area (Å²) in [5.74, 6) is -7.55. The molecule has 0 radical (unpaired) electrons. The Morgan fingerprint density at radius 2 is 0.800 bits per heavy atom. The van der Waals surface area contributed by atoms with Crippen LogP contribution in [0.4, 0.5) is 65.9 Å². The van der Waals surface area contributed by atoms with E-state index >= 15 is 0 Å². The molecule has 0 saturated carbocycles. The van der Waals surface area contributed by atoms with Gasteiger partial charge in [-0.15, -0.1) is 0 Å². The average molecular weight is 481 g/mol. The largest absolute Gasteiger partial charge is 0.483 e. The van der Waals surface area contributed by atoms with Crippen LogP contribution in [-0.4, -0.2) is 41.4 Å². The molecule has 0 aromatic carbocycles. The van der Waals surface area contributed by atoms with Crippen molar-refractivity contribution in [3.05, 3.63) is 0 Å². The van der Waals surface area contributed by atoms with E-state index < -0.39 is 41.4 Å². The van der Waals surface area contributed by atoms with Crippen molar-refractivity contribution < 1.29 is 75.3 Å². The van der Waals surface area contributed by atoms with Crippen molar-refractivity contribution in [2.24, 2.45) is 0 Å². The summed E-state index contributed by atoms with van der Waals surface area (Å²) in [5.41, 5.74) is 0. The lowest BCUT2D eigenvalue weighted by Crippen LogP contribution is -2.64.